The van der Waals surface area contributed by atoms with Crippen molar-refractivity contribution in [2.75, 3.05) is 50.8 Å². The Hall–Kier alpha value is -2.25. The van der Waals surface area contributed by atoms with E-state index < -0.39 is 0 Å². The van der Waals surface area contributed by atoms with E-state index in [1.165, 1.54) is 13.8 Å². The van der Waals surface area contributed by atoms with E-state index in [1.54, 1.807) is 29.2 Å². The van der Waals surface area contributed by atoms with Crippen LogP contribution in [0.25, 0.3) is 0 Å². The lowest BCUT2D eigenvalue weighted by Gasteiger charge is -2.26. The van der Waals surface area contributed by atoms with Gasteiger partial charge < -0.3 is 15.0 Å². The first-order chi connectivity index (χ1) is 12.5. The van der Waals surface area contributed by atoms with E-state index in [-0.39, 0.29) is 24.0 Å². The van der Waals surface area contributed by atoms with Crippen LogP contribution in [0.4, 0.5) is 5.69 Å². The molecule has 1 fully saturated rings. The number of amides is 2. The molecular weight excluding hydrogens is 334 g/mol. The van der Waals surface area contributed by atoms with Gasteiger partial charge in [0.1, 0.15) is 0 Å². The number of anilines is 1. The summed E-state index contributed by atoms with van der Waals surface area (Å²) in [5.41, 5.74) is 1.28. The third-order valence-corrected chi connectivity index (χ3v) is 4.38. The van der Waals surface area contributed by atoms with Crippen molar-refractivity contribution < 1.29 is 19.1 Å². The Labute approximate surface area is 154 Å². The molecule has 0 aliphatic carbocycles. The summed E-state index contributed by atoms with van der Waals surface area (Å²) in [6, 6.07) is 6.84. The Kier molecular flexibility index (Phi) is 7.74. The average Bonchev–Trinajstić information content (AvgIpc) is 2.63. The molecular formula is C19H27N3O4. The van der Waals surface area contributed by atoms with E-state index in [0.29, 0.717) is 24.3 Å². The van der Waals surface area contributed by atoms with Gasteiger partial charge in [0.25, 0.3) is 0 Å². The van der Waals surface area contributed by atoms with Crippen molar-refractivity contribution in [3.05, 3.63) is 29.8 Å². The largest absolute Gasteiger partial charge is 0.379 e. The Morgan fingerprint density at radius 1 is 1.12 bits per heavy atom. The summed E-state index contributed by atoms with van der Waals surface area (Å²) >= 11 is 0. The molecule has 0 saturated carbocycles. The molecule has 7 heteroatoms. The van der Waals surface area contributed by atoms with Crippen molar-refractivity contribution >= 4 is 23.3 Å². The lowest BCUT2D eigenvalue weighted by atomic mass is 10.1. The van der Waals surface area contributed by atoms with Gasteiger partial charge in [0.05, 0.1) is 13.2 Å². The summed E-state index contributed by atoms with van der Waals surface area (Å²) < 4.78 is 5.29. The fraction of sp³-hybridized carbons (Fsp3) is 0.526. The predicted molar refractivity (Wildman–Crippen MR) is 99.4 cm³/mol. The molecule has 1 aromatic carbocycles. The normalized spacial score (nSPS) is 14.7. The molecule has 0 atom stereocenters. The fourth-order valence-corrected chi connectivity index (χ4v) is 2.82. The van der Waals surface area contributed by atoms with Crippen molar-refractivity contribution in [3.8, 4) is 0 Å². The van der Waals surface area contributed by atoms with E-state index in [2.05, 4.69) is 10.2 Å². The van der Waals surface area contributed by atoms with Crippen LogP contribution in [0.15, 0.2) is 24.3 Å². The molecule has 1 heterocycles. The van der Waals surface area contributed by atoms with Crippen LogP contribution in [0.3, 0.4) is 0 Å². The molecule has 142 valence electrons. The van der Waals surface area contributed by atoms with Gasteiger partial charge in [-0.15, -0.1) is 0 Å². The average molecular weight is 361 g/mol. The number of hydrogen-bond donors (Lipinski definition) is 1. The van der Waals surface area contributed by atoms with Crippen molar-refractivity contribution in [1.82, 2.24) is 10.2 Å². The minimum atomic E-state index is -0.137. The maximum Gasteiger partial charge on any atom is 0.223 e. The zero-order chi connectivity index (χ0) is 18.9. The maximum absolute atomic E-state index is 12.0. The van der Waals surface area contributed by atoms with Crippen LogP contribution in [0, 0.1) is 0 Å². The van der Waals surface area contributed by atoms with Crippen LogP contribution in [0.5, 0.6) is 0 Å². The maximum atomic E-state index is 12.0. The SMILES string of the molecule is CC(=O)c1ccc(N(CCC(=O)NCCN2CCOCC2)C(C)=O)cc1. The molecule has 26 heavy (non-hydrogen) atoms. The molecule has 7 nitrogen and oxygen atoms in total. The van der Waals surface area contributed by atoms with Gasteiger partial charge in [-0.05, 0) is 31.2 Å². The number of hydrogen-bond acceptors (Lipinski definition) is 5. The minimum absolute atomic E-state index is 0.0226. The Balaban J connectivity index is 1.79. The zero-order valence-electron chi connectivity index (χ0n) is 15.5. The quantitative estimate of drug-likeness (QED) is 0.701. The predicted octanol–water partition coefficient (Wildman–Crippen LogP) is 1.08. The number of Topliss-reactive ketones (excluding diaryl/α,β-unsaturated/α-hetero) is 1. The molecule has 1 aliphatic heterocycles. The molecule has 2 rings (SSSR count). The van der Waals surface area contributed by atoms with Gasteiger partial charge >= 0.3 is 0 Å². The summed E-state index contributed by atoms with van der Waals surface area (Å²) in [6.45, 7) is 7.93. The van der Waals surface area contributed by atoms with Crippen molar-refractivity contribution in [1.29, 1.82) is 0 Å². The molecule has 1 saturated heterocycles. The molecule has 2 amide bonds. The van der Waals surface area contributed by atoms with Gasteiger partial charge in [0, 0.05) is 57.3 Å². The number of ketones is 1. The van der Waals surface area contributed by atoms with E-state index >= 15 is 0 Å². The highest BCUT2D eigenvalue weighted by atomic mass is 16.5. The number of carbonyl (C=O) groups is 3. The van der Waals surface area contributed by atoms with Gasteiger partial charge in [-0.25, -0.2) is 0 Å². The van der Waals surface area contributed by atoms with Gasteiger partial charge in [0.2, 0.25) is 11.8 Å². The molecule has 0 spiro atoms. The summed E-state index contributed by atoms with van der Waals surface area (Å²) in [5.74, 6) is -0.239. The van der Waals surface area contributed by atoms with Crippen LogP contribution in [-0.4, -0.2) is 68.4 Å². The van der Waals surface area contributed by atoms with Gasteiger partial charge in [-0.3, -0.25) is 19.3 Å². The van der Waals surface area contributed by atoms with Crippen molar-refractivity contribution in [3.63, 3.8) is 0 Å². The van der Waals surface area contributed by atoms with E-state index in [1.807, 2.05) is 0 Å². The number of ether oxygens (including phenoxy) is 1. The third kappa shape index (κ3) is 6.24. The number of nitrogens with zero attached hydrogens (tertiary/aromatic N) is 2. The molecule has 1 N–H and O–H groups in total. The van der Waals surface area contributed by atoms with E-state index in [4.69, 9.17) is 4.74 Å². The van der Waals surface area contributed by atoms with Crippen molar-refractivity contribution in [2.45, 2.75) is 20.3 Å². The van der Waals surface area contributed by atoms with Gasteiger partial charge in [-0.2, -0.15) is 0 Å². The zero-order valence-corrected chi connectivity index (χ0v) is 15.5. The van der Waals surface area contributed by atoms with Crippen LogP contribution in [0.2, 0.25) is 0 Å². The smallest absolute Gasteiger partial charge is 0.223 e. The Morgan fingerprint density at radius 2 is 1.77 bits per heavy atom. The molecule has 0 radical (unpaired) electrons. The number of rotatable bonds is 8. The first-order valence-corrected chi connectivity index (χ1v) is 8.93. The fourth-order valence-electron chi connectivity index (χ4n) is 2.82. The number of morpholine rings is 1. The summed E-state index contributed by atoms with van der Waals surface area (Å²) in [6.07, 6.45) is 0.233. The lowest BCUT2D eigenvalue weighted by Crippen LogP contribution is -2.42. The first kappa shape index (κ1) is 20.1. The molecule has 0 bridgehead atoms. The number of nitrogens with one attached hydrogen (secondary N) is 1. The van der Waals surface area contributed by atoms with Crippen LogP contribution >= 0.6 is 0 Å². The highest BCUT2D eigenvalue weighted by Crippen LogP contribution is 2.16. The van der Waals surface area contributed by atoms with E-state index in [9.17, 15) is 14.4 Å². The third-order valence-electron chi connectivity index (χ3n) is 4.38. The van der Waals surface area contributed by atoms with Crippen LogP contribution < -0.4 is 10.2 Å². The first-order valence-electron chi connectivity index (χ1n) is 8.93. The van der Waals surface area contributed by atoms with Crippen molar-refractivity contribution in [2.24, 2.45) is 0 Å². The molecule has 0 aromatic heterocycles. The monoisotopic (exact) mass is 361 g/mol. The second kappa shape index (κ2) is 10.0. The topological polar surface area (TPSA) is 79.0 Å². The Morgan fingerprint density at radius 3 is 2.35 bits per heavy atom. The summed E-state index contributed by atoms with van der Waals surface area (Å²) in [4.78, 5) is 39.1. The van der Waals surface area contributed by atoms with E-state index in [0.717, 1.165) is 32.8 Å². The molecule has 1 aliphatic rings. The second-order valence-electron chi connectivity index (χ2n) is 6.33. The van der Waals surface area contributed by atoms with Crippen LogP contribution in [-0.2, 0) is 14.3 Å². The van der Waals surface area contributed by atoms with Gasteiger partial charge in [-0.1, -0.05) is 0 Å². The second-order valence-corrected chi connectivity index (χ2v) is 6.33. The minimum Gasteiger partial charge on any atom is -0.379 e. The highest BCUT2D eigenvalue weighted by Gasteiger charge is 2.14. The van der Waals surface area contributed by atoms with Gasteiger partial charge in [0.15, 0.2) is 5.78 Å². The summed E-state index contributed by atoms with van der Waals surface area (Å²) in [7, 11) is 0. The lowest BCUT2D eigenvalue weighted by molar-refractivity contribution is -0.121. The number of benzene rings is 1. The molecule has 1 aromatic rings. The van der Waals surface area contributed by atoms with Crippen LogP contribution in [0.1, 0.15) is 30.6 Å². The summed E-state index contributed by atoms with van der Waals surface area (Å²) in [5, 5.41) is 2.90. The number of carbonyl (C=O) groups excluding carboxylic acids is 3. The Bertz CT molecular complexity index is 624. The molecule has 0 unspecified atom stereocenters. The highest BCUT2D eigenvalue weighted by molar-refractivity contribution is 5.96. The standard InChI is InChI=1S/C19H27N3O4/c1-15(23)17-3-5-18(6-4-17)22(16(2)24)9-7-19(25)20-8-10-21-11-13-26-14-12-21/h3-6H,7-14H2,1-2H3,(H,20,25).